The number of piperidine rings is 1. The standard InChI is InChI=1S/C18H22Cl2N4O3S/c1-4-27-17(26)15-10(3)22-18(28-15)24-7-5-11(6-8-24)23-16(25)14-13(20)12(19)9(2)21-14/h11,21H,4-8H2,1-3H3,(H,23,25). The average Bonchev–Trinajstić information content (AvgIpc) is 3.18. The lowest BCUT2D eigenvalue weighted by Crippen LogP contribution is -2.44. The number of rotatable bonds is 5. The number of esters is 1. The number of halogens is 2. The molecular weight excluding hydrogens is 423 g/mol. The molecule has 1 aliphatic heterocycles. The van der Waals surface area contributed by atoms with Crippen molar-refractivity contribution in [2.45, 2.75) is 39.7 Å². The van der Waals surface area contributed by atoms with E-state index in [1.54, 1.807) is 13.8 Å². The molecule has 1 saturated heterocycles. The van der Waals surface area contributed by atoms with Crippen molar-refractivity contribution in [2.75, 3.05) is 24.6 Å². The Balaban J connectivity index is 1.59. The van der Waals surface area contributed by atoms with Gasteiger partial charge in [-0.1, -0.05) is 34.5 Å². The smallest absolute Gasteiger partial charge is 0.350 e. The van der Waals surface area contributed by atoms with E-state index in [1.165, 1.54) is 11.3 Å². The third kappa shape index (κ3) is 4.29. The molecule has 1 amide bonds. The van der Waals surface area contributed by atoms with Crippen molar-refractivity contribution in [3.8, 4) is 0 Å². The Morgan fingerprint density at radius 3 is 2.54 bits per heavy atom. The molecule has 0 unspecified atom stereocenters. The van der Waals surface area contributed by atoms with Gasteiger partial charge in [-0.25, -0.2) is 9.78 Å². The van der Waals surface area contributed by atoms with Crippen molar-refractivity contribution in [1.29, 1.82) is 0 Å². The normalized spacial score (nSPS) is 15.0. The monoisotopic (exact) mass is 444 g/mol. The molecule has 3 rings (SSSR count). The molecule has 10 heteroatoms. The fourth-order valence-corrected chi connectivity index (χ4v) is 4.53. The summed E-state index contributed by atoms with van der Waals surface area (Å²) in [5.74, 6) is -0.587. The molecule has 0 aromatic carbocycles. The van der Waals surface area contributed by atoms with Crippen LogP contribution in [-0.2, 0) is 4.74 Å². The summed E-state index contributed by atoms with van der Waals surface area (Å²) in [7, 11) is 0. The zero-order chi connectivity index (χ0) is 20.4. The Hall–Kier alpha value is -1.77. The third-order valence-corrected chi connectivity index (χ3v) is 6.77. The SMILES string of the molecule is CCOC(=O)c1sc(N2CCC(NC(=O)c3[nH]c(C)c(Cl)c3Cl)CC2)nc1C. The van der Waals surface area contributed by atoms with Crippen LogP contribution < -0.4 is 10.2 Å². The highest BCUT2D eigenvalue weighted by Crippen LogP contribution is 2.30. The number of H-pyrrole nitrogens is 1. The molecule has 0 saturated carbocycles. The third-order valence-electron chi connectivity index (χ3n) is 4.63. The van der Waals surface area contributed by atoms with Gasteiger partial charge < -0.3 is 19.9 Å². The molecule has 28 heavy (non-hydrogen) atoms. The zero-order valence-electron chi connectivity index (χ0n) is 15.9. The minimum Gasteiger partial charge on any atom is -0.462 e. The molecule has 152 valence electrons. The minimum atomic E-state index is -0.331. The molecule has 0 aliphatic carbocycles. The molecule has 1 aliphatic rings. The van der Waals surface area contributed by atoms with E-state index in [-0.39, 0.29) is 22.9 Å². The van der Waals surface area contributed by atoms with E-state index in [0.29, 0.717) is 33.6 Å². The number of aromatic amines is 1. The summed E-state index contributed by atoms with van der Waals surface area (Å²) in [4.78, 5) is 34.6. The Bertz CT molecular complexity index is 888. The fourth-order valence-electron chi connectivity index (χ4n) is 3.10. The largest absolute Gasteiger partial charge is 0.462 e. The van der Waals surface area contributed by atoms with Gasteiger partial charge in [-0.2, -0.15) is 0 Å². The van der Waals surface area contributed by atoms with Gasteiger partial charge in [0.1, 0.15) is 10.6 Å². The number of carbonyl (C=O) groups excluding carboxylic acids is 2. The van der Waals surface area contributed by atoms with E-state index >= 15 is 0 Å². The highest BCUT2D eigenvalue weighted by molar-refractivity contribution is 7.17. The van der Waals surface area contributed by atoms with Gasteiger partial charge in [0.15, 0.2) is 5.13 Å². The number of amides is 1. The van der Waals surface area contributed by atoms with Gasteiger partial charge in [-0.3, -0.25) is 4.79 Å². The highest BCUT2D eigenvalue weighted by atomic mass is 35.5. The second-order valence-electron chi connectivity index (χ2n) is 6.62. The highest BCUT2D eigenvalue weighted by Gasteiger charge is 2.26. The number of nitrogens with one attached hydrogen (secondary N) is 2. The van der Waals surface area contributed by atoms with Crippen molar-refractivity contribution in [2.24, 2.45) is 0 Å². The lowest BCUT2D eigenvalue weighted by atomic mass is 10.1. The van der Waals surface area contributed by atoms with Gasteiger partial charge >= 0.3 is 5.97 Å². The van der Waals surface area contributed by atoms with Crippen LogP contribution in [0.15, 0.2) is 0 Å². The van der Waals surface area contributed by atoms with Gasteiger partial charge in [0.2, 0.25) is 0 Å². The van der Waals surface area contributed by atoms with Crippen molar-refractivity contribution >= 4 is 51.5 Å². The van der Waals surface area contributed by atoms with Gasteiger partial charge in [0, 0.05) is 24.8 Å². The van der Waals surface area contributed by atoms with Crippen LogP contribution in [0.5, 0.6) is 0 Å². The summed E-state index contributed by atoms with van der Waals surface area (Å²) in [6, 6.07) is 0.0350. The van der Waals surface area contributed by atoms with Crippen LogP contribution in [0.4, 0.5) is 5.13 Å². The molecule has 0 bridgehead atoms. The topological polar surface area (TPSA) is 87.3 Å². The van der Waals surface area contributed by atoms with Gasteiger partial charge in [-0.05, 0) is 33.6 Å². The first-order chi connectivity index (χ1) is 13.3. The quantitative estimate of drug-likeness (QED) is 0.681. The van der Waals surface area contributed by atoms with E-state index in [4.69, 9.17) is 27.9 Å². The average molecular weight is 445 g/mol. The van der Waals surface area contributed by atoms with Crippen LogP contribution in [0.3, 0.4) is 0 Å². The number of nitrogens with zero attached hydrogens (tertiary/aromatic N) is 2. The summed E-state index contributed by atoms with van der Waals surface area (Å²) >= 11 is 13.5. The van der Waals surface area contributed by atoms with E-state index in [0.717, 1.165) is 31.1 Å². The maximum atomic E-state index is 12.5. The molecule has 2 aromatic rings. The van der Waals surface area contributed by atoms with Gasteiger partial charge in [-0.15, -0.1) is 0 Å². The van der Waals surface area contributed by atoms with Crippen LogP contribution >= 0.6 is 34.5 Å². The Morgan fingerprint density at radius 1 is 1.29 bits per heavy atom. The fraction of sp³-hybridized carbons (Fsp3) is 0.500. The second kappa shape index (κ2) is 8.71. The van der Waals surface area contributed by atoms with Crippen LogP contribution in [0.1, 0.15) is 51.3 Å². The van der Waals surface area contributed by atoms with Gasteiger partial charge in [0.05, 0.1) is 22.3 Å². The first-order valence-electron chi connectivity index (χ1n) is 9.05. The summed E-state index contributed by atoms with van der Waals surface area (Å²) < 4.78 is 5.07. The van der Waals surface area contributed by atoms with E-state index in [9.17, 15) is 9.59 Å². The maximum Gasteiger partial charge on any atom is 0.350 e. The van der Waals surface area contributed by atoms with Crippen LogP contribution in [0.2, 0.25) is 10.0 Å². The predicted octanol–water partition coefficient (Wildman–Crippen LogP) is 3.97. The van der Waals surface area contributed by atoms with E-state index in [1.807, 2.05) is 6.92 Å². The Labute approximate surface area is 177 Å². The lowest BCUT2D eigenvalue weighted by Gasteiger charge is -2.32. The molecule has 1 fully saturated rings. The summed E-state index contributed by atoms with van der Waals surface area (Å²) in [5, 5.41) is 4.44. The lowest BCUT2D eigenvalue weighted by molar-refractivity contribution is 0.0531. The Kier molecular flexibility index (Phi) is 6.52. The first kappa shape index (κ1) is 21.0. The predicted molar refractivity (Wildman–Crippen MR) is 111 cm³/mol. The number of aryl methyl sites for hydroxylation is 2. The number of ether oxygens (including phenoxy) is 1. The Morgan fingerprint density at radius 2 is 1.96 bits per heavy atom. The first-order valence-corrected chi connectivity index (χ1v) is 10.6. The summed E-state index contributed by atoms with van der Waals surface area (Å²) in [6.07, 6.45) is 1.54. The molecule has 7 nitrogen and oxygen atoms in total. The minimum absolute atomic E-state index is 0.0350. The second-order valence-corrected chi connectivity index (χ2v) is 8.35. The van der Waals surface area contributed by atoms with Crippen molar-refractivity contribution in [3.63, 3.8) is 0 Å². The number of hydrogen-bond donors (Lipinski definition) is 2. The molecular formula is C18H22Cl2N4O3S. The number of anilines is 1. The molecule has 3 heterocycles. The van der Waals surface area contributed by atoms with Gasteiger partial charge in [0.25, 0.3) is 5.91 Å². The van der Waals surface area contributed by atoms with Crippen molar-refractivity contribution in [1.82, 2.24) is 15.3 Å². The van der Waals surface area contributed by atoms with Crippen LogP contribution in [0.25, 0.3) is 0 Å². The number of carbonyl (C=O) groups is 2. The van der Waals surface area contributed by atoms with E-state index in [2.05, 4.69) is 20.2 Å². The molecule has 2 N–H and O–H groups in total. The van der Waals surface area contributed by atoms with Crippen molar-refractivity contribution < 1.29 is 14.3 Å². The van der Waals surface area contributed by atoms with Crippen LogP contribution in [-0.4, -0.2) is 47.6 Å². The molecule has 0 spiro atoms. The van der Waals surface area contributed by atoms with Crippen LogP contribution in [0, 0.1) is 13.8 Å². The molecule has 0 atom stereocenters. The summed E-state index contributed by atoms with van der Waals surface area (Å²) in [6.45, 7) is 7.17. The number of aromatic nitrogens is 2. The maximum absolute atomic E-state index is 12.5. The molecule has 0 radical (unpaired) electrons. The zero-order valence-corrected chi connectivity index (χ0v) is 18.2. The van der Waals surface area contributed by atoms with Crippen molar-refractivity contribution in [3.05, 3.63) is 32.0 Å². The van der Waals surface area contributed by atoms with E-state index < -0.39 is 0 Å². The number of thiazole rings is 1. The summed E-state index contributed by atoms with van der Waals surface area (Å²) in [5.41, 5.74) is 1.65. The number of hydrogen-bond acceptors (Lipinski definition) is 6. The molecule has 2 aromatic heterocycles.